The Bertz CT molecular complexity index is 675. The van der Waals surface area contributed by atoms with Crippen LogP contribution in [0.5, 0.6) is 0 Å². The lowest BCUT2D eigenvalue weighted by atomic mass is 10.1. The van der Waals surface area contributed by atoms with E-state index in [0.717, 1.165) is 10.4 Å². The molecule has 0 unspecified atom stereocenters. The highest BCUT2D eigenvalue weighted by molar-refractivity contribution is 7.92. The molecule has 0 radical (unpaired) electrons. The molecule has 0 fully saturated rings. The van der Waals surface area contributed by atoms with Gasteiger partial charge in [-0.2, -0.15) is 0 Å². The van der Waals surface area contributed by atoms with Crippen LogP contribution in [-0.2, 0) is 21.1 Å². The van der Waals surface area contributed by atoms with Gasteiger partial charge >= 0.3 is 0 Å². The Hall–Kier alpha value is -1.41. The van der Waals surface area contributed by atoms with Crippen LogP contribution >= 0.6 is 11.3 Å². The van der Waals surface area contributed by atoms with Gasteiger partial charge in [0.1, 0.15) is 10.8 Å². The summed E-state index contributed by atoms with van der Waals surface area (Å²) in [7, 11) is -3.47. The van der Waals surface area contributed by atoms with Gasteiger partial charge in [0.05, 0.1) is 11.3 Å². The van der Waals surface area contributed by atoms with Gasteiger partial charge in [-0.1, -0.05) is 20.8 Å². The first-order chi connectivity index (χ1) is 10.1. The number of carbonyl (C=O) groups is 2. The lowest BCUT2D eigenvalue weighted by Gasteiger charge is -2.08. The number of nitrogens with two attached hydrogens (primary N) is 1. The number of carbonyl (C=O) groups excluding carboxylic acids is 2. The molecule has 0 aliphatic rings. The normalized spacial score (nSPS) is 11.7. The Labute approximate surface area is 135 Å². The van der Waals surface area contributed by atoms with E-state index < -0.39 is 27.4 Å². The first-order valence-corrected chi connectivity index (χ1v) is 9.63. The molecule has 1 aromatic heterocycles. The van der Waals surface area contributed by atoms with Gasteiger partial charge in [-0.25, -0.2) is 8.42 Å². The van der Waals surface area contributed by atoms with Crippen LogP contribution in [0.1, 0.15) is 41.6 Å². The monoisotopic (exact) mass is 346 g/mol. The van der Waals surface area contributed by atoms with Gasteiger partial charge in [0, 0.05) is 4.88 Å². The molecule has 3 N–H and O–H groups in total. The highest BCUT2D eigenvalue weighted by Crippen LogP contribution is 2.33. The number of aryl methyl sites for hydroxylation is 1. The molecule has 22 heavy (non-hydrogen) atoms. The SMILES string of the molecule is CCc1sc(NC(=O)CS(=O)(=O)CC(C)C)c(C(N)=O)c1C. The first kappa shape index (κ1) is 18.6. The number of rotatable bonds is 7. The second-order valence-corrected chi connectivity index (χ2v) is 8.78. The Kier molecular flexibility index (Phi) is 6.13. The maximum absolute atomic E-state index is 12.0. The standard InChI is InChI=1S/C14H22N2O4S2/c1-5-10-9(4)12(13(15)18)14(21-10)16-11(17)7-22(19,20)6-8(2)3/h8H,5-7H2,1-4H3,(H2,15,18)(H,16,17). The lowest BCUT2D eigenvalue weighted by Crippen LogP contribution is -2.27. The summed E-state index contributed by atoms with van der Waals surface area (Å²) >= 11 is 1.26. The molecule has 1 rings (SSSR count). The van der Waals surface area contributed by atoms with Gasteiger partial charge in [0.15, 0.2) is 9.84 Å². The first-order valence-electron chi connectivity index (χ1n) is 6.99. The van der Waals surface area contributed by atoms with Crippen molar-refractivity contribution in [1.82, 2.24) is 0 Å². The molecule has 6 nitrogen and oxygen atoms in total. The number of hydrogen-bond acceptors (Lipinski definition) is 5. The predicted octanol–water partition coefficient (Wildman–Crippen LogP) is 1.73. The highest BCUT2D eigenvalue weighted by atomic mass is 32.2. The van der Waals surface area contributed by atoms with Crippen LogP contribution in [0.2, 0.25) is 0 Å². The summed E-state index contributed by atoms with van der Waals surface area (Å²) in [6, 6.07) is 0. The van der Waals surface area contributed by atoms with E-state index in [0.29, 0.717) is 11.4 Å². The zero-order valence-electron chi connectivity index (χ0n) is 13.2. The van der Waals surface area contributed by atoms with Gasteiger partial charge in [0.2, 0.25) is 5.91 Å². The predicted molar refractivity (Wildman–Crippen MR) is 89.1 cm³/mol. The van der Waals surface area contributed by atoms with Crippen LogP contribution in [0.3, 0.4) is 0 Å². The Morgan fingerprint density at radius 3 is 2.36 bits per heavy atom. The van der Waals surface area contributed by atoms with Crippen LogP contribution in [0.15, 0.2) is 0 Å². The Morgan fingerprint density at radius 2 is 1.91 bits per heavy atom. The van der Waals surface area contributed by atoms with Crippen LogP contribution < -0.4 is 11.1 Å². The Morgan fingerprint density at radius 1 is 1.32 bits per heavy atom. The number of hydrogen-bond donors (Lipinski definition) is 2. The zero-order chi connectivity index (χ0) is 17.1. The summed E-state index contributed by atoms with van der Waals surface area (Å²) in [5, 5.41) is 2.84. The molecule has 0 aliphatic heterocycles. The fraction of sp³-hybridized carbons (Fsp3) is 0.571. The summed E-state index contributed by atoms with van der Waals surface area (Å²) < 4.78 is 23.7. The van der Waals surface area contributed by atoms with Crippen molar-refractivity contribution in [2.75, 3.05) is 16.8 Å². The van der Waals surface area contributed by atoms with Gasteiger partial charge in [-0.3, -0.25) is 9.59 Å². The molecule has 0 aliphatic carbocycles. The quantitative estimate of drug-likeness (QED) is 0.784. The van der Waals surface area contributed by atoms with Crippen molar-refractivity contribution < 1.29 is 18.0 Å². The van der Waals surface area contributed by atoms with Gasteiger partial charge < -0.3 is 11.1 Å². The molecular formula is C14H22N2O4S2. The second-order valence-electron chi connectivity index (χ2n) is 5.57. The molecule has 8 heteroatoms. The number of primary amides is 1. The summed E-state index contributed by atoms with van der Waals surface area (Å²) in [5.74, 6) is -1.97. The lowest BCUT2D eigenvalue weighted by molar-refractivity contribution is -0.113. The average Bonchev–Trinajstić information content (AvgIpc) is 2.62. The molecule has 0 bridgehead atoms. The minimum absolute atomic E-state index is 0.0466. The van der Waals surface area contributed by atoms with E-state index in [9.17, 15) is 18.0 Å². The molecule has 0 saturated carbocycles. The number of nitrogens with one attached hydrogen (secondary N) is 1. The van der Waals surface area contributed by atoms with E-state index in [1.165, 1.54) is 11.3 Å². The number of anilines is 1. The average molecular weight is 346 g/mol. The third kappa shape index (κ3) is 4.81. The summed E-state index contributed by atoms with van der Waals surface area (Å²) in [5.41, 5.74) is 6.35. The van der Waals surface area contributed by atoms with Crippen LogP contribution in [0.4, 0.5) is 5.00 Å². The minimum Gasteiger partial charge on any atom is -0.365 e. The third-order valence-corrected chi connectivity index (χ3v) is 6.23. The molecule has 0 atom stereocenters. The minimum atomic E-state index is -3.47. The van der Waals surface area contributed by atoms with Crippen molar-refractivity contribution in [1.29, 1.82) is 0 Å². The maximum Gasteiger partial charge on any atom is 0.251 e. The number of thiophene rings is 1. The van der Waals surface area contributed by atoms with Crippen LogP contribution in [0.25, 0.3) is 0 Å². The van der Waals surface area contributed by atoms with Crippen molar-refractivity contribution >= 4 is 38.0 Å². The highest BCUT2D eigenvalue weighted by Gasteiger charge is 2.23. The smallest absolute Gasteiger partial charge is 0.251 e. The molecule has 0 saturated heterocycles. The van der Waals surface area contributed by atoms with Gasteiger partial charge in [0.25, 0.3) is 5.91 Å². The maximum atomic E-state index is 12.0. The largest absolute Gasteiger partial charge is 0.365 e. The van der Waals surface area contributed by atoms with Crippen molar-refractivity contribution in [3.63, 3.8) is 0 Å². The van der Waals surface area contributed by atoms with E-state index in [1.54, 1.807) is 20.8 Å². The Balaban J connectivity index is 2.96. The fourth-order valence-corrected chi connectivity index (χ4v) is 4.98. The van der Waals surface area contributed by atoms with E-state index in [2.05, 4.69) is 5.32 Å². The van der Waals surface area contributed by atoms with Crippen molar-refractivity contribution in [2.45, 2.75) is 34.1 Å². The fourth-order valence-electron chi connectivity index (χ4n) is 2.21. The molecule has 0 aromatic carbocycles. The zero-order valence-corrected chi connectivity index (χ0v) is 14.9. The van der Waals surface area contributed by atoms with Gasteiger partial charge in [-0.05, 0) is 24.8 Å². The van der Waals surface area contributed by atoms with E-state index in [-0.39, 0.29) is 17.2 Å². The summed E-state index contributed by atoms with van der Waals surface area (Å²) in [6.45, 7) is 7.25. The van der Waals surface area contributed by atoms with E-state index >= 15 is 0 Å². The van der Waals surface area contributed by atoms with E-state index in [1.807, 2.05) is 6.92 Å². The van der Waals surface area contributed by atoms with Crippen molar-refractivity contribution in [3.8, 4) is 0 Å². The van der Waals surface area contributed by atoms with Gasteiger partial charge in [-0.15, -0.1) is 11.3 Å². The van der Waals surface area contributed by atoms with Crippen LogP contribution in [-0.4, -0.2) is 31.7 Å². The third-order valence-electron chi connectivity index (χ3n) is 3.00. The molecule has 1 aromatic rings. The molecule has 1 heterocycles. The summed E-state index contributed by atoms with van der Waals surface area (Å²) in [6.07, 6.45) is 0.707. The summed E-state index contributed by atoms with van der Waals surface area (Å²) in [4.78, 5) is 24.4. The molecule has 0 spiro atoms. The number of amides is 2. The molecular weight excluding hydrogens is 324 g/mol. The molecule has 2 amide bonds. The van der Waals surface area contributed by atoms with Crippen LogP contribution in [0, 0.1) is 12.8 Å². The van der Waals surface area contributed by atoms with E-state index in [4.69, 9.17) is 5.73 Å². The molecule has 124 valence electrons. The topological polar surface area (TPSA) is 106 Å². The number of sulfone groups is 1. The van der Waals surface area contributed by atoms with Crippen molar-refractivity contribution in [3.05, 3.63) is 16.0 Å². The van der Waals surface area contributed by atoms with Crippen molar-refractivity contribution in [2.24, 2.45) is 11.7 Å². The second kappa shape index (κ2) is 7.23.